The minimum absolute atomic E-state index is 0.151. The molecule has 0 heterocycles. The van der Waals surface area contributed by atoms with Gasteiger partial charge in [-0.1, -0.05) is 0 Å². The quantitative estimate of drug-likeness (QED) is 0.351. The molecule has 3 heteroatoms. The predicted octanol–water partition coefficient (Wildman–Crippen LogP) is 1.28. The molecule has 2 nitrogen and oxygen atoms in total. The van der Waals surface area contributed by atoms with E-state index in [2.05, 4.69) is 4.76 Å². The second-order valence-electron chi connectivity index (χ2n) is 0.455. The predicted molar refractivity (Wildman–Crippen MR) is 21.8 cm³/mol. The molecule has 0 aromatic rings. The van der Waals surface area contributed by atoms with Crippen molar-refractivity contribution >= 4 is 14.8 Å². The molecule has 0 atom stereocenters. The van der Waals surface area contributed by atoms with Crippen LogP contribution in [0.15, 0.2) is 4.76 Å². The molecule has 0 aromatic heterocycles. The van der Waals surface area contributed by atoms with E-state index in [9.17, 15) is 4.57 Å². The van der Waals surface area contributed by atoms with Crippen LogP contribution in [0.4, 0.5) is 0 Å². The van der Waals surface area contributed by atoms with Crippen molar-refractivity contribution in [3.8, 4) is 0 Å². The first-order chi connectivity index (χ1) is 2.41. The van der Waals surface area contributed by atoms with Crippen molar-refractivity contribution in [1.82, 2.24) is 0 Å². The maximum absolute atomic E-state index is 9.30. The summed E-state index contributed by atoms with van der Waals surface area (Å²) in [7, 11) is -0.151. The van der Waals surface area contributed by atoms with Crippen LogP contribution in [0.25, 0.3) is 0 Å². The molecule has 0 aliphatic heterocycles. The Morgan fingerprint density at radius 1 is 2.00 bits per heavy atom. The normalized spacial score (nSPS) is 10.6. The van der Waals surface area contributed by atoms with Crippen molar-refractivity contribution in [2.75, 3.05) is 0 Å². The van der Waals surface area contributed by atoms with Crippen LogP contribution in [0.3, 0.4) is 0 Å². The fourth-order valence-electron chi connectivity index (χ4n) is 0.0471. The minimum atomic E-state index is -0.151. The first-order valence-electron chi connectivity index (χ1n) is 1.22. The molecule has 0 aromatic carbocycles. The van der Waals surface area contributed by atoms with Gasteiger partial charge in [0, 0.05) is 6.21 Å². The van der Waals surface area contributed by atoms with Gasteiger partial charge < -0.3 is 0 Å². The first kappa shape index (κ1) is 4.77. The monoisotopic (exact) mass is 89.0 g/mol. The van der Waals surface area contributed by atoms with E-state index in [4.69, 9.17) is 0 Å². The summed E-state index contributed by atoms with van der Waals surface area (Å²) in [6.07, 6.45) is 1.48. The van der Waals surface area contributed by atoms with Crippen LogP contribution in [0, 0.1) is 0 Å². The van der Waals surface area contributed by atoms with Gasteiger partial charge in [-0.05, 0) is 6.92 Å². The van der Waals surface area contributed by atoms with Gasteiger partial charge in [0.05, 0.1) is 0 Å². The van der Waals surface area contributed by atoms with E-state index in [0.29, 0.717) is 0 Å². The highest BCUT2D eigenvalue weighted by Crippen LogP contribution is 1.86. The van der Waals surface area contributed by atoms with Gasteiger partial charge in [0.2, 0.25) is 0 Å². The van der Waals surface area contributed by atoms with Gasteiger partial charge in [0.25, 0.3) is 0 Å². The molecule has 0 spiro atoms. The van der Waals surface area contributed by atoms with E-state index in [-0.39, 0.29) is 8.61 Å². The molecule has 0 rings (SSSR count). The van der Waals surface area contributed by atoms with Gasteiger partial charge >= 0.3 is 8.61 Å². The molecule has 0 radical (unpaired) electrons. The van der Waals surface area contributed by atoms with E-state index < -0.39 is 0 Å². The molecule has 0 unspecified atom stereocenters. The van der Waals surface area contributed by atoms with Crippen molar-refractivity contribution in [3.05, 3.63) is 0 Å². The largest absolute Gasteiger partial charge is 0.302 e. The van der Waals surface area contributed by atoms with Crippen LogP contribution in [-0.4, -0.2) is 6.21 Å². The van der Waals surface area contributed by atoms with Gasteiger partial charge in [-0.3, -0.25) is 0 Å². The zero-order chi connectivity index (χ0) is 4.12. The molecule has 0 N–H and O–H groups in total. The molecule has 0 saturated heterocycles. The fourth-order valence-corrected chi connectivity index (χ4v) is 0.141. The van der Waals surface area contributed by atoms with Crippen LogP contribution < -0.4 is 0 Å². The van der Waals surface area contributed by atoms with Crippen molar-refractivity contribution < 1.29 is 4.57 Å². The maximum atomic E-state index is 9.30. The third-order valence-corrected chi connectivity index (χ3v) is 0.488. The average molecular weight is 89.0 g/mol. The Hall–Kier alpha value is -0.230. The zero-order valence-electron chi connectivity index (χ0n) is 2.88. The van der Waals surface area contributed by atoms with Gasteiger partial charge in [-0.15, -0.1) is 0 Å². The average Bonchev–Trinajstić information content (AvgIpc) is 1.41. The fraction of sp³-hybridized carbons (Fsp3) is 0.500. The van der Waals surface area contributed by atoms with Crippen molar-refractivity contribution in [2.24, 2.45) is 4.76 Å². The van der Waals surface area contributed by atoms with E-state index >= 15 is 0 Å². The topological polar surface area (TPSA) is 29.4 Å². The molecular weight excluding hydrogens is 85.0 g/mol. The van der Waals surface area contributed by atoms with Crippen molar-refractivity contribution in [3.63, 3.8) is 0 Å². The summed E-state index contributed by atoms with van der Waals surface area (Å²) in [5, 5.41) is 0. The second kappa shape index (κ2) is 3.77. The molecular formula is C2H4NOP. The Kier molecular flexibility index (Phi) is 3.60. The summed E-state index contributed by atoms with van der Waals surface area (Å²) < 4.78 is 12.6. The van der Waals surface area contributed by atoms with Gasteiger partial charge in [-0.25, -0.2) is 9.33 Å². The van der Waals surface area contributed by atoms with E-state index in [0.717, 1.165) is 0 Å². The lowest BCUT2D eigenvalue weighted by molar-refractivity contribution is 0.599. The van der Waals surface area contributed by atoms with Crippen molar-refractivity contribution in [2.45, 2.75) is 6.92 Å². The van der Waals surface area contributed by atoms with E-state index in [1.54, 1.807) is 6.92 Å². The Morgan fingerprint density at radius 2 is 2.60 bits per heavy atom. The lowest BCUT2D eigenvalue weighted by atomic mass is 10.9. The number of hydrogen-bond donors (Lipinski definition) is 0. The third kappa shape index (κ3) is 3.77. The standard InChI is InChI=1S/C2H4NOP/c1-2-3-5-4/h2H,1H3. The Morgan fingerprint density at radius 3 is 2.60 bits per heavy atom. The summed E-state index contributed by atoms with van der Waals surface area (Å²) in [5.41, 5.74) is 0. The summed E-state index contributed by atoms with van der Waals surface area (Å²) in [6, 6.07) is 0. The highest BCUT2D eigenvalue weighted by atomic mass is 31.1. The first-order valence-corrected chi connectivity index (χ1v) is 1.98. The Labute approximate surface area is 32.2 Å². The smallest absolute Gasteiger partial charge is 0.247 e. The number of rotatable bonds is 1. The molecule has 5 heavy (non-hydrogen) atoms. The summed E-state index contributed by atoms with van der Waals surface area (Å²) in [4.78, 5) is 0. The lowest BCUT2D eigenvalue weighted by Crippen LogP contribution is -1.40. The molecule has 0 bridgehead atoms. The van der Waals surface area contributed by atoms with Crippen LogP contribution in [0.2, 0.25) is 0 Å². The number of nitrogens with zero attached hydrogens (tertiary/aromatic N) is 1. The summed E-state index contributed by atoms with van der Waals surface area (Å²) >= 11 is 0. The lowest BCUT2D eigenvalue weighted by Gasteiger charge is -1.51. The molecule has 0 amide bonds. The van der Waals surface area contributed by atoms with Crippen LogP contribution >= 0.6 is 8.61 Å². The zero-order valence-corrected chi connectivity index (χ0v) is 3.77. The second-order valence-corrected chi connectivity index (χ2v) is 0.850. The highest BCUT2D eigenvalue weighted by molar-refractivity contribution is 7.22. The summed E-state index contributed by atoms with van der Waals surface area (Å²) in [5.74, 6) is 0. The van der Waals surface area contributed by atoms with Crippen LogP contribution in [0.1, 0.15) is 6.92 Å². The molecule has 0 fully saturated rings. The molecule has 28 valence electrons. The molecule has 0 saturated carbocycles. The van der Waals surface area contributed by atoms with E-state index in [1.165, 1.54) is 6.21 Å². The Bertz CT molecular complexity index is 51.6. The minimum Gasteiger partial charge on any atom is -0.247 e. The SMILES string of the molecule is CC=NP=O. The molecule has 0 aliphatic rings. The highest BCUT2D eigenvalue weighted by Gasteiger charge is 1.50. The van der Waals surface area contributed by atoms with E-state index in [1.807, 2.05) is 0 Å². The van der Waals surface area contributed by atoms with Crippen LogP contribution in [0.5, 0.6) is 0 Å². The van der Waals surface area contributed by atoms with Crippen LogP contribution in [-0.2, 0) is 4.57 Å². The summed E-state index contributed by atoms with van der Waals surface area (Å²) in [6.45, 7) is 1.71. The molecule has 0 aliphatic carbocycles. The Balaban J connectivity index is 2.92. The third-order valence-electron chi connectivity index (χ3n) is 0.163. The number of hydrogen-bond acceptors (Lipinski definition) is 1. The van der Waals surface area contributed by atoms with Gasteiger partial charge in [0.15, 0.2) is 0 Å². The maximum Gasteiger partial charge on any atom is 0.302 e. The van der Waals surface area contributed by atoms with Crippen molar-refractivity contribution in [1.29, 1.82) is 0 Å². The van der Waals surface area contributed by atoms with Gasteiger partial charge in [-0.2, -0.15) is 0 Å². The van der Waals surface area contributed by atoms with Gasteiger partial charge in [0.1, 0.15) is 0 Å².